The molecule has 0 unspecified atom stereocenters. The maximum Gasteiger partial charge on any atom is 0.370 e. The Balaban J connectivity index is 1.79. The lowest BCUT2D eigenvalue weighted by Crippen LogP contribution is -2.39. The normalized spacial score (nSPS) is 15.2. The molecule has 3 aromatic rings. The highest BCUT2D eigenvalue weighted by atomic mass is 32.2. The van der Waals surface area contributed by atoms with Crippen LogP contribution in [0, 0.1) is 0 Å². The van der Waals surface area contributed by atoms with E-state index >= 15 is 0 Å². The van der Waals surface area contributed by atoms with Gasteiger partial charge < -0.3 is 10.0 Å². The topological polar surface area (TPSA) is 153 Å². The van der Waals surface area contributed by atoms with E-state index in [-0.39, 0.29) is 24.4 Å². The second-order valence-electron chi connectivity index (χ2n) is 7.37. The number of hydrogen-bond donors (Lipinski definition) is 3. The minimum absolute atomic E-state index is 0.0950. The number of thiazole rings is 1. The molecule has 0 bridgehead atoms. The van der Waals surface area contributed by atoms with E-state index < -0.39 is 32.0 Å². The molecule has 0 fully saturated rings. The number of rotatable bonds is 8. The first-order valence-corrected chi connectivity index (χ1v) is 14.5. The van der Waals surface area contributed by atoms with Crippen molar-refractivity contribution >= 4 is 71.3 Å². The summed E-state index contributed by atoms with van der Waals surface area (Å²) in [5.41, 5.74) is 1.35. The van der Waals surface area contributed by atoms with Gasteiger partial charge in [-0.25, -0.2) is 4.79 Å². The van der Waals surface area contributed by atoms with Crippen molar-refractivity contribution < 1.29 is 40.4 Å². The maximum absolute atomic E-state index is 11.6. The van der Waals surface area contributed by atoms with E-state index in [0.717, 1.165) is 10.2 Å². The van der Waals surface area contributed by atoms with Crippen LogP contribution in [-0.2, 0) is 31.6 Å². The van der Waals surface area contributed by atoms with E-state index in [4.69, 9.17) is 4.55 Å². The summed E-state index contributed by atoms with van der Waals surface area (Å²) in [5.74, 6) is -1.47. The number of carbonyl (C=O) groups is 1. The van der Waals surface area contributed by atoms with Crippen molar-refractivity contribution in [3.63, 3.8) is 0 Å². The Hall–Kier alpha value is -2.49. The number of aromatic nitrogens is 1. The van der Waals surface area contributed by atoms with Crippen molar-refractivity contribution in [3.05, 3.63) is 52.5 Å². The Labute approximate surface area is 203 Å². The first-order valence-electron chi connectivity index (χ1n) is 9.79. The van der Waals surface area contributed by atoms with Crippen LogP contribution in [0.15, 0.2) is 57.3 Å². The molecular weight excluding hydrogens is 524 g/mol. The van der Waals surface area contributed by atoms with Crippen molar-refractivity contribution in [1.29, 1.82) is 0 Å². The SMILES string of the molecule is O=C(O)C[n+]1c(C=C2Sc3cc(S(=O)(=O)O)ccc3N2CCCS(=O)(=O)O)sc2ccccc21. The average Bonchev–Trinajstić information content (AvgIpc) is 3.24. The lowest BCUT2D eigenvalue weighted by molar-refractivity contribution is -0.657. The van der Waals surface area contributed by atoms with Gasteiger partial charge in [0.05, 0.1) is 27.4 Å². The lowest BCUT2D eigenvalue weighted by Gasteiger charge is -2.20. The van der Waals surface area contributed by atoms with Gasteiger partial charge in [-0.3, -0.25) is 9.11 Å². The largest absolute Gasteiger partial charge is 0.477 e. The second kappa shape index (κ2) is 9.28. The number of carboxylic acid groups (broad SMARTS) is 1. The van der Waals surface area contributed by atoms with Gasteiger partial charge in [0.1, 0.15) is 4.70 Å². The van der Waals surface area contributed by atoms with Crippen LogP contribution in [0.3, 0.4) is 0 Å². The number of anilines is 1. The van der Waals surface area contributed by atoms with Crippen LogP contribution in [0.4, 0.5) is 5.69 Å². The quantitative estimate of drug-likeness (QED) is 0.285. The Kier molecular flexibility index (Phi) is 6.72. The molecule has 0 spiro atoms. The smallest absolute Gasteiger partial charge is 0.370 e. The zero-order chi connectivity index (χ0) is 24.7. The summed E-state index contributed by atoms with van der Waals surface area (Å²) in [6, 6.07) is 11.4. The summed E-state index contributed by atoms with van der Waals surface area (Å²) in [6.07, 6.45) is 1.86. The lowest BCUT2D eigenvalue weighted by atomic mass is 10.2. The van der Waals surface area contributed by atoms with Crippen molar-refractivity contribution in [2.45, 2.75) is 22.8 Å². The molecule has 0 radical (unpaired) electrons. The molecule has 2 aromatic carbocycles. The summed E-state index contributed by atoms with van der Waals surface area (Å²) >= 11 is 2.59. The number of fused-ring (bicyclic) bond motifs is 2. The van der Waals surface area contributed by atoms with Gasteiger partial charge in [-0.1, -0.05) is 35.2 Å². The molecule has 1 aliphatic heterocycles. The number of nitrogens with zero attached hydrogens (tertiary/aromatic N) is 2. The van der Waals surface area contributed by atoms with E-state index in [0.29, 0.717) is 20.6 Å². The molecule has 0 saturated carbocycles. The molecule has 1 aliphatic rings. The van der Waals surface area contributed by atoms with Gasteiger partial charge in [-0.05, 0) is 30.7 Å². The van der Waals surface area contributed by atoms with Gasteiger partial charge in [-0.15, -0.1) is 0 Å². The minimum Gasteiger partial charge on any atom is -0.477 e. The van der Waals surface area contributed by atoms with E-state index in [1.54, 1.807) is 15.5 Å². The molecule has 3 N–H and O–H groups in total. The summed E-state index contributed by atoms with van der Waals surface area (Å²) < 4.78 is 66.6. The molecule has 4 rings (SSSR count). The summed E-state index contributed by atoms with van der Waals surface area (Å²) in [7, 11) is -8.59. The van der Waals surface area contributed by atoms with Crippen LogP contribution in [0.2, 0.25) is 0 Å². The fourth-order valence-corrected chi connectivity index (χ4v) is 6.97. The van der Waals surface area contributed by atoms with E-state index in [1.807, 2.05) is 24.3 Å². The first kappa shape index (κ1) is 24.6. The fraction of sp³-hybridized carbons (Fsp3) is 0.200. The van der Waals surface area contributed by atoms with E-state index in [9.17, 15) is 31.3 Å². The average molecular weight is 544 g/mol. The zero-order valence-electron chi connectivity index (χ0n) is 17.4. The Morgan fingerprint density at radius 3 is 2.50 bits per heavy atom. The molecule has 0 aliphatic carbocycles. The number of carboxylic acids is 1. The van der Waals surface area contributed by atoms with Gasteiger partial charge >= 0.3 is 5.97 Å². The molecule has 1 aromatic heterocycles. The van der Waals surface area contributed by atoms with Crippen LogP contribution in [0.5, 0.6) is 0 Å². The molecular formula is C20H19N2O8S4+. The summed E-state index contributed by atoms with van der Waals surface area (Å²) in [4.78, 5) is 13.5. The van der Waals surface area contributed by atoms with Crippen molar-refractivity contribution in [2.24, 2.45) is 0 Å². The molecule has 14 heteroatoms. The zero-order valence-corrected chi connectivity index (χ0v) is 20.6. The van der Waals surface area contributed by atoms with Gasteiger partial charge in [0.15, 0.2) is 0 Å². The Morgan fingerprint density at radius 1 is 1.09 bits per heavy atom. The molecule has 0 atom stereocenters. The molecule has 0 saturated heterocycles. The highest BCUT2D eigenvalue weighted by Crippen LogP contribution is 2.47. The van der Waals surface area contributed by atoms with Gasteiger partial charge in [0.2, 0.25) is 12.1 Å². The second-order valence-corrected chi connectivity index (χ2v) is 12.5. The Morgan fingerprint density at radius 2 is 1.82 bits per heavy atom. The molecule has 34 heavy (non-hydrogen) atoms. The Bertz CT molecular complexity index is 1530. The number of aliphatic carboxylic acids is 1. The van der Waals surface area contributed by atoms with E-state index in [1.165, 1.54) is 41.3 Å². The van der Waals surface area contributed by atoms with Crippen LogP contribution in [0.25, 0.3) is 16.3 Å². The third-order valence-electron chi connectivity index (χ3n) is 4.96. The number of hydrogen-bond acceptors (Lipinski definition) is 8. The standard InChI is InChI=1S/C20H18N2O8S4/c23-20(24)12-22-14-4-1-2-5-16(14)31-19(22)11-18-21(8-3-9-33(25,26)27)15-7-6-13(34(28,29)30)10-17(15)32-18/h1-2,4-7,10-11H,3,8-9,12H2,(H2-,23,24,25,26,27,28,29,30)/p+1. The molecule has 10 nitrogen and oxygen atoms in total. The van der Waals surface area contributed by atoms with Gasteiger partial charge in [0, 0.05) is 17.5 Å². The summed E-state index contributed by atoms with van der Waals surface area (Å²) in [6.45, 7) is -0.0723. The molecule has 180 valence electrons. The fourth-order valence-electron chi connectivity index (χ4n) is 3.55. The maximum atomic E-state index is 11.6. The highest BCUT2D eigenvalue weighted by molar-refractivity contribution is 8.04. The predicted octanol–water partition coefficient (Wildman–Crippen LogP) is 2.71. The molecule has 0 amide bonds. The van der Waals surface area contributed by atoms with Gasteiger partial charge in [-0.2, -0.15) is 21.4 Å². The summed E-state index contributed by atoms with van der Waals surface area (Å²) in [5, 5.41) is 10.7. The minimum atomic E-state index is -4.42. The van der Waals surface area contributed by atoms with Crippen LogP contribution in [0.1, 0.15) is 11.4 Å². The van der Waals surface area contributed by atoms with Gasteiger partial charge in [0.25, 0.3) is 25.2 Å². The third-order valence-corrected chi connectivity index (χ3v) is 8.82. The van der Waals surface area contributed by atoms with Crippen molar-refractivity contribution in [3.8, 4) is 0 Å². The monoisotopic (exact) mass is 543 g/mol. The van der Waals surface area contributed by atoms with Crippen LogP contribution >= 0.6 is 23.1 Å². The van der Waals surface area contributed by atoms with Crippen LogP contribution in [-0.4, -0.2) is 49.3 Å². The number of benzene rings is 2. The van der Waals surface area contributed by atoms with Crippen molar-refractivity contribution in [2.75, 3.05) is 17.2 Å². The number of para-hydroxylation sites is 1. The predicted molar refractivity (Wildman–Crippen MR) is 128 cm³/mol. The van der Waals surface area contributed by atoms with E-state index in [2.05, 4.69) is 0 Å². The highest BCUT2D eigenvalue weighted by Gasteiger charge is 2.30. The third kappa shape index (κ3) is 5.42. The number of thioether (sulfide) groups is 1. The van der Waals surface area contributed by atoms with Crippen LogP contribution < -0.4 is 9.47 Å². The molecule has 2 heterocycles. The van der Waals surface area contributed by atoms with Crippen molar-refractivity contribution in [1.82, 2.24) is 0 Å². The first-order chi connectivity index (χ1) is 15.9.